The van der Waals surface area contributed by atoms with Crippen molar-refractivity contribution in [1.82, 2.24) is 9.80 Å². The number of aryl methyl sites for hydroxylation is 2. The predicted octanol–water partition coefficient (Wildman–Crippen LogP) is 4.63. The first-order valence-corrected chi connectivity index (χ1v) is 13.3. The molecule has 2 aromatic carbocycles. The van der Waals surface area contributed by atoms with Gasteiger partial charge in [0, 0.05) is 31.7 Å². The second-order valence-electron chi connectivity index (χ2n) is 9.89. The van der Waals surface area contributed by atoms with Gasteiger partial charge in [0.25, 0.3) is 11.7 Å². The zero-order valence-electron chi connectivity index (χ0n) is 22.2. The van der Waals surface area contributed by atoms with Crippen LogP contribution in [0.5, 0.6) is 5.75 Å². The maximum absolute atomic E-state index is 13.4. The zero-order chi connectivity index (χ0) is 26.4. The second kappa shape index (κ2) is 12.4. The number of carbonyl (C=O) groups is 2. The van der Waals surface area contributed by atoms with Crippen LogP contribution in [0.3, 0.4) is 0 Å². The Morgan fingerprint density at radius 2 is 1.76 bits per heavy atom. The molecule has 2 saturated heterocycles. The van der Waals surface area contributed by atoms with E-state index in [1.807, 2.05) is 56.3 Å². The van der Waals surface area contributed by atoms with Crippen molar-refractivity contribution in [1.29, 1.82) is 0 Å². The molecule has 1 N–H and O–H groups in total. The Morgan fingerprint density at radius 1 is 1.03 bits per heavy atom. The van der Waals surface area contributed by atoms with Gasteiger partial charge in [-0.05, 0) is 49.6 Å². The summed E-state index contributed by atoms with van der Waals surface area (Å²) >= 11 is 0. The number of ketones is 1. The molecule has 2 aromatic rings. The number of aliphatic hydroxyl groups excluding tert-OH is 1. The quantitative estimate of drug-likeness (QED) is 0.219. The maximum Gasteiger partial charge on any atom is 0.295 e. The fourth-order valence-corrected chi connectivity index (χ4v) is 4.96. The first kappa shape index (κ1) is 26.9. The minimum absolute atomic E-state index is 0.127. The lowest BCUT2D eigenvalue weighted by molar-refractivity contribution is -0.140. The minimum Gasteiger partial charge on any atom is -0.507 e. The first-order chi connectivity index (χ1) is 17.9. The molecule has 0 aliphatic carbocycles. The van der Waals surface area contributed by atoms with Crippen LogP contribution in [0.15, 0.2) is 48.0 Å². The predicted molar refractivity (Wildman–Crippen MR) is 144 cm³/mol. The molecule has 1 atom stereocenters. The Morgan fingerprint density at radius 3 is 2.46 bits per heavy atom. The first-order valence-electron chi connectivity index (χ1n) is 13.3. The van der Waals surface area contributed by atoms with Crippen LogP contribution in [0.25, 0.3) is 5.76 Å². The summed E-state index contributed by atoms with van der Waals surface area (Å²) in [4.78, 5) is 30.5. The van der Waals surface area contributed by atoms with Crippen LogP contribution < -0.4 is 4.74 Å². The summed E-state index contributed by atoms with van der Waals surface area (Å²) in [5.41, 5.74) is 3.30. The Hall–Kier alpha value is -3.16. The average molecular weight is 507 g/mol. The van der Waals surface area contributed by atoms with E-state index in [-0.39, 0.29) is 11.3 Å². The van der Waals surface area contributed by atoms with Gasteiger partial charge in [-0.3, -0.25) is 14.5 Å². The number of hydrogen-bond acceptors (Lipinski definition) is 6. The number of ether oxygens (including phenoxy) is 2. The molecule has 7 heteroatoms. The number of aliphatic hydroxyl groups is 1. The molecular formula is C30H38N2O5. The number of amides is 1. The number of unbranched alkanes of at least 4 members (excludes halogenated alkanes) is 2. The summed E-state index contributed by atoms with van der Waals surface area (Å²) in [6.45, 7) is 10.6. The third-order valence-electron chi connectivity index (χ3n) is 7.16. The van der Waals surface area contributed by atoms with E-state index in [0.717, 1.165) is 54.8 Å². The topological polar surface area (TPSA) is 79.3 Å². The Balaban J connectivity index is 1.68. The molecule has 37 heavy (non-hydrogen) atoms. The molecule has 0 radical (unpaired) electrons. The van der Waals surface area contributed by atoms with Crippen LogP contribution in [0.4, 0.5) is 0 Å². The molecular weight excluding hydrogens is 468 g/mol. The highest BCUT2D eigenvalue weighted by Gasteiger charge is 2.46. The van der Waals surface area contributed by atoms with Crippen molar-refractivity contribution in [2.24, 2.45) is 0 Å². The van der Waals surface area contributed by atoms with E-state index in [9.17, 15) is 14.7 Å². The summed E-state index contributed by atoms with van der Waals surface area (Å²) < 4.78 is 11.3. The van der Waals surface area contributed by atoms with Gasteiger partial charge in [0.05, 0.1) is 31.4 Å². The van der Waals surface area contributed by atoms with Crippen molar-refractivity contribution in [3.8, 4) is 5.75 Å². The number of morpholine rings is 1. The third kappa shape index (κ3) is 6.22. The van der Waals surface area contributed by atoms with Crippen LogP contribution in [0.1, 0.15) is 54.5 Å². The smallest absolute Gasteiger partial charge is 0.295 e. The minimum atomic E-state index is -0.671. The largest absolute Gasteiger partial charge is 0.507 e. The Bertz CT molecular complexity index is 1140. The maximum atomic E-state index is 13.4. The molecule has 1 unspecified atom stereocenters. The van der Waals surface area contributed by atoms with Gasteiger partial charge in [-0.15, -0.1) is 0 Å². The molecule has 4 rings (SSSR count). The number of rotatable bonds is 10. The monoisotopic (exact) mass is 506 g/mol. The van der Waals surface area contributed by atoms with Crippen molar-refractivity contribution in [3.05, 3.63) is 70.3 Å². The Labute approximate surface area is 219 Å². The lowest BCUT2D eigenvalue weighted by Crippen LogP contribution is -2.42. The average Bonchev–Trinajstić information content (AvgIpc) is 3.17. The SMILES string of the molecule is CCCCCOc1ccc(C2C(=C(O)c3cc(C)ccc3C)C(=O)C(=O)N2CCN2CCOCC2)cc1. The van der Waals surface area contributed by atoms with Crippen molar-refractivity contribution in [2.45, 2.75) is 46.1 Å². The van der Waals surface area contributed by atoms with Crippen molar-refractivity contribution < 1.29 is 24.2 Å². The van der Waals surface area contributed by atoms with Crippen LogP contribution >= 0.6 is 0 Å². The fraction of sp³-hybridized carbons (Fsp3) is 0.467. The van der Waals surface area contributed by atoms with Crippen LogP contribution in [-0.2, 0) is 14.3 Å². The Kier molecular flexibility index (Phi) is 9.00. The summed E-state index contributed by atoms with van der Waals surface area (Å²) in [5, 5.41) is 11.4. The summed E-state index contributed by atoms with van der Waals surface area (Å²) in [5.74, 6) is -0.603. The van der Waals surface area contributed by atoms with Crippen molar-refractivity contribution in [2.75, 3.05) is 46.0 Å². The number of nitrogens with zero attached hydrogens (tertiary/aromatic N) is 2. The van der Waals surface area contributed by atoms with Gasteiger partial charge >= 0.3 is 0 Å². The molecule has 198 valence electrons. The van der Waals surface area contributed by atoms with Crippen molar-refractivity contribution in [3.63, 3.8) is 0 Å². The number of carbonyl (C=O) groups excluding carboxylic acids is 2. The number of hydrogen-bond donors (Lipinski definition) is 1. The van der Waals surface area contributed by atoms with Crippen LogP contribution in [0, 0.1) is 13.8 Å². The van der Waals surface area contributed by atoms with E-state index in [4.69, 9.17) is 9.47 Å². The molecule has 0 spiro atoms. The lowest BCUT2D eigenvalue weighted by Gasteiger charge is -2.31. The van der Waals surface area contributed by atoms with Gasteiger partial charge < -0.3 is 19.5 Å². The highest BCUT2D eigenvalue weighted by Crippen LogP contribution is 2.40. The normalized spacial score (nSPS) is 20.0. The number of benzene rings is 2. The van der Waals surface area contributed by atoms with Gasteiger partial charge in [0.1, 0.15) is 11.5 Å². The van der Waals surface area contributed by atoms with Gasteiger partial charge in [0.15, 0.2) is 0 Å². The zero-order valence-corrected chi connectivity index (χ0v) is 22.2. The summed E-state index contributed by atoms with van der Waals surface area (Å²) in [6, 6.07) is 12.6. The van der Waals surface area contributed by atoms with E-state index in [1.165, 1.54) is 0 Å². The van der Waals surface area contributed by atoms with Gasteiger partial charge in [-0.25, -0.2) is 0 Å². The van der Waals surface area contributed by atoms with E-state index >= 15 is 0 Å². The highest BCUT2D eigenvalue weighted by molar-refractivity contribution is 6.46. The van der Waals surface area contributed by atoms with E-state index in [0.29, 0.717) is 38.5 Å². The van der Waals surface area contributed by atoms with E-state index in [1.54, 1.807) is 4.90 Å². The molecule has 2 aliphatic rings. The summed E-state index contributed by atoms with van der Waals surface area (Å²) in [6.07, 6.45) is 3.25. The lowest BCUT2D eigenvalue weighted by atomic mass is 9.93. The van der Waals surface area contributed by atoms with Crippen LogP contribution in [0.2, 0.25) is 0 Å². The molecule has 0 saturated carbocycles. The second-order valence-corrected chi connectivity index (χ2v) is 9.89. The van der Waals surface area contributed by atoms with E-state index < -0.39 is 17.7 Å². The number of Topliss-reactive ketones (excluding diaryl/α,β-unsaturated/α-hetero) is 1. The molecule has 1 amide bonds. The molecule has 0 aromatic heterocycles. The highest BCUT2D eigenvalue weighted by atomic mass is 16.5. The fourth-order valence-electron chi connectivity index (χ4n) is 4.96. The van der Waals surface area contributed by atoms with Gasteiger partial charge in [-0.2, -0.15) is 0 Å². The molecule has 7 nitrogen and oxygen atoms in total. The molecule has 2 heterocycles. The van der Waals surface area contributed by atoms with Gasteiger partial charge in [0.2, 0.25) is 0 Å². The molecule has 0 bridgehead atoms. The van der Waals surface area contributed by atoms with E-state index in [2.05, 4.69) is 11.8 Å². The standard InChI is InChI=1S/C30H38N2O5/c1-4-5-6-17-37-24-11-9-23(10-12-24)27-26(28(33)25-20-21(2)7-8-22(25)3)29(34)30(35)32(27)14-13-31-15-18-36-19-16-31/h7-12,20,27,33H,4-6,13-19H2,1-3H3. The summed E-state index contributed by atoms with van der Waals surface area (Å²) in [7, 11) is 0. The molecule has 2 fully saturated rings. The third-order valence-corrected chi connectivity index (χ3v) is 7.16. The van der Waals surface area contributed by atoms with Gasteiger partial charge in [-0.1, -0.05) is 49.6 Å². The molecule has 2 aliphatic heterocycles. The number of likely N-dealkylation sites (tertiary alicyclic amines) is 1. The van der Waals surface area contributed by atoms with Crippen LogP contribution in [-0.4, -0.2) is 72.6 Å². The van der Waals surface area contributed by atoms with Crippen molar-refractivity contribution >= 4 is 17.4 Å².